The average Bonchev–Trinajstić information content (AvgIpc) is 3.77. The van der Waals surface area contributed by atoms with Crippen molar-refractivity contribution >= 4 is 74.5 Å². The Kier molecular flexibility index (Phi) is 10.4. The van der Waals surface area contributed by atoms with Crippen molar-refractivity contribution in [2.24, 2.45) is 12.2 Å². The van der Waals surface area contributed by atoms with E-state index in [2.05, 4.69) is 20.8 Å². The molecular formula is C34H39N8O10S2+. The van der Waals surface area contributed by atoms with E-state index in [4.69, 9.17) is 10.6 Å². The second-order valence-electron chi connectivity index (χ2n) is 13.8. The molecule has 3 aliphatic rings. The molecule has 6 rings (SSSR count). The number of carboxylic acid groups (broad SMARTS) is 2. The van der Waals surface area contributed by atoms with E-state index in [9.17, 15) is 44.1 Å². The number of carboxylic acids is 2. The van der Waals surface area contributed by atoms with Crippen LogP contribution in [-0.4, -0.2) is 125 Å². The molecule has 54 heavy (non-hydrogen) atoms. The van der Waals surface area contributed by atoms with Gasteiger partial charge in [0.15, 0.2) is 16.6 Å². The maximum Gasteiger partial charge on any atom is 0.352 e. The van der Waals surface area contributed by atoms with Crippen LogP contribution in [0.3, 0.4) is 0 Å². The minimum Gasteiger partial charge on any atom is -0.503 e. The predicted octanol–water partition coefficient (Wildman–Crippen LogP) is 0.646. The number of nitrogens with two attached hydrogens (primary N) is 1. The number of thioether (sulfide) groups is 1. The molecule has 0 saturated carbocycles. The van der Waals surface area contributed by atoms with Gasteiger partial charge in [-0.2, -0.15) is 0 Å². The SMILES string of the molecule is Cn1cc(O)c(=O)c2cccc(C(=O)NCC[N+]3(CC4=C(C(=O)O)N5C(=O)[C@@H](NC(=O)/C(=N\OC(C)(C)C(=O)O)c6csc(N)n6)C5SC4)CCCC3)c21. The first-order valence-electron chi connectivity index (χ1n) is 16.9. The van der Waals surface area contributed by atoms with Gasteiger partial charge in [0.1, 0.15) is 29.4 Å². The summed E-state index contributed by atoms with van der Waals surface area (Å²) in [6.45, 7) is 5.02. The van der Waals surface area contributed by atoms with E-state index in [1.807, 2.05) is 0 Å². The summed E-state index contributed by atoms with van der Waals surface area (Å²) in [5.41, 5.74) is 4.04. The normalized spacial score (nSPS) is 19.6. The number of likely N-dealkylation sites (tertiary alicyclic amines) is 1. The molecule has 5 heterocycles. The van der Waals surface area contributed by atoms with Gasteiger partial charge in [-0.25, -0.2) is 14.6 Å². The van der Waals surface area contributed by atoms with Crippen LogP contribution >= 0.6 is 23.1 Å². The van der Waals surface area contributed by atoms with Gasteiger partial charge in [0.25, 0.3) is 17.7 Å². The lowest BCUT2D eigenvalue weighted by Gasteiger charge is -2.50. The zero-order chi connectivity index (χ0) is 39.1. The molecule has 3 aromatic rings. The number of aliphatic carboxylic acids is 2. The maximum atomic E-state index is 13.5. The minimum atomic E-state index is -1.79. The summed E-state index contributed by atoms with van der Waals surface area (Å²) in [4.78, 5) is 87.5. The van der Waals surface area contributed by atoms with E-state index in [0.29, 0.717) is 28.7 Å². The molecule has 2 aromatic heterocycles. The van der Waals surface area contributed by atoms with Crippen molar-refractivity contribution in [1.82, 2.24) is 25.1 Å². The number of para-hydroxylation sites is 1. The van der Waals surface area contributed by atoms with Crippen molar-refractivity contribution in [1.29, 1.82) is 0 Å². The largest absolute Gasteiger partial charge is 0.503 e. The lowest BCUT2D eigenvalue weighted by atomic mass is 10.0. The van der Waals surface area contributed by atoms with Gasteiger partial charge in [0, 0.05) is 36.6 Å². The zero-order valence-corrected chi connectivity index (χ0v) is 31.2. The monoisotopic (exact) mass is 783 g/mol. The van der Waals surface area contributed by atoms with Crippen LogP contribution in [0.15, 0.2) is 51.0 Å². The number of carbonyl (C=O) groups is 5. The predicted molar refractivity (Wildman–Crippen MR) is 198 cm³/mol. The number of aromatic nitrogens is 2. The first kappa shape index (κ1) is 38.3. The Morgan fingerprint density at radius 2 is 1.89 bits per heavy atom. The van der Waals surface area contributed by atoms with Gasteiger partial charge in [-0.3, -0.25) is 24.1 Å². The summed E-state index contributed by atoms with van der Waals surface area (Å²) in [6.07, 6.45) is 3.05. The number of nitrogens with zero attached hydrogens (tertiary/aromatic N) is 5. The van der Waals surface area contributed by atoms with Crippen LogP contribution in [0.4, 0.5) is 5.13 Å². The smallest absolute Gasteiger partial charge is 0.352 e. The van der Waals surface area contributed by atoms with Crippen LogP contribution in [-0.2, 0) is 31.1 Å². The van der Waals surface area contributed by atoms with Crippen LogP contribution in [0.1, 0.15) is 42.7 Å². The Bertz CT molecular complexity index is 2190. The Hall–Kier alpha value is -5.47. The number of thiazole rings is 1. The number of β-lactam (4-membered cyclic amide) rings is 1. The number of benzene rings is 1. The fourth-order valence-electron chi connectivity index (χ4n) is 6.92. The number of aryl methyl sites for hydroxylation is 1. The molecule has 0 spiro atoms. The van der Waals surface area contributed by atoms with Crippen LogP contribution in [0, 0.1) is 0 Å². The first-order valence-corrected chi connectivity index (χ1v) is 18.8. The number of anilines is 1. The minimum absolute atomic E-state index is 0.00310. The highest BCUT2D eigenvalue weighted by atomic mass is 32.2. The number of rotatable bonds is 13. The fraction of sp³-hybridized carbons (Fsp3) is 0.412. The number of amides is 3. The van der Waals surface area contributed by atoms with Crippen molar-refractivity contribution in [2.75, 3.05) is 44.2 Å². The number of hydrogen-bond donors (Lipinski definition) is 6. The van der Waals surface area contributed by atoms with E-state index in [-0.39, 0.29) is 39.8 Å². The number of nitrogen functional groups attached to an aromatic ring is 1. The topological polar surface area (TPSA) is 256 Å². The molecule has 2 saturated heterocycles. The maximum absolute atomic E-state index is 13.5. The molecule has 2 fully saturated rings. The molecule has 3 aliphatic heterocycles. The standard InChI is InChI=1S/C34H38N8O10S2/c1-34(2,32(50)51)52-39-22(20-16-54-33(35)37-20)28(46)38-23-29(47)41-24(31(48)49)17(15-53-30(23)41)14-42(10-4-5-11-42)12-9-36-27(45)19-8-6-7-18-25(19)40(3)13-21(43)26(18)44/h6-8,13,16,23,30H,4-5,9-12,14-15H2,1-3H3,(H6-,35,36,37,38,43,45,46,48,49,50,51)/p+1/b39-22-/t23-,30?/m1/s1. The number of pyridine rings is 1. The second kappa shape index (κ2) is 14.7. The van der Waals surface area contributed by atoms with Crippen LogP contribution in [0.2, 0.25) is 0 Å². The third kappa shape index (κ3) is 7.23. The van der Waals surface area contributed by atoms with Gasteiger partial charge in [0.05, 0.1) is 48.8 Å². The summed E-state index contributed by atoms with van der Waals surface area (Å²) in [7, 11) is 1.63. The van der Waals surface area contributed by atoms with Gasteiger partial charge in [-0.1, -0.05) is 11.2 Å². The highest BCUT2D eigenvalue weighted by Crippen LogP contribution is 2.41. The number of fused-ring (bicyclic) bond motifs is 2. The number of carbonyl (C=O) groups excluding carboxylic acids is 3. The summed E-state index contributed by atoms with van der Waals surface area (Å²) in [6, 6.07) is 3.61. The van der Waals surface area contributed by atoms with Crippen molar-refractivity contribution in [3.63, 3.8) is 0 Å². The van der Waals surface area contributed by atoms with Crippen molar-refractivity contribution in [3.05, 3.63) is 62.5 Å². The van der Waals surface area contributed by atoms with Crippen molar-refractivity contribution in [3.8, 4) is 5.75 Å². The van der Waals surface area contributed by atoms with Gasteiger partial charge < -0.3 is 45.6 Å². The number of quaternary nitrogens is 1. The van der Waals surface area contributed by atoms with Gasteiger partial charge in [-0.15, -0.1) is 23.1 Å². The molecule has 0 radical (unpaired) electrons. The Balaban J connectivity index is 1.16. The lowest BCUT2D eigenvalue weighted by Crippen LogP contribution is -2.71. The van der Waals surface area contributed by atoms with Crippen molar-refractivity contribution in [2.45, 2.75) is 43.7 Å². The second-order valence-corrected chi connectivity index (χ2v) is 15.8. The molecule has 20 heteroatoms. The van der Waals surface area contributed by atoms with Crippen LogP contribution in [0.5, 0.6) is 5.75 Å². The van der Waals surface area contributed by atoms with Gasteiger partial charge in [-0.05, 0) is 26.0 Å². The Morgan fingerprint density at radius 3 is 2.54 bits per heavy atom. The molecule has 2 atom stereocenters. The van der Waals surface area contributed by atoms with Gasteiger partial charge >= 0.3 is 11.9 Å². The summed E-state index contributed by atoms with van der Waals surface area (Å²) in [5.74, 6) is -4.70. The van der Waals surface area contributed by atoms with Gasteiger partial charge in [0.2, 0.25) is 11.0 Å². The molecule has 286 valence electrons. The molecule has 0 bridgehead atoms. The quantitative estimate of drug-likeness (QED) is 0.0603. The van der Waals surface area contributed by atoms with E-state index in [1.165, 1.54) is 46.7 Å². The fourth-order valence-corrected chi connectivity index (χ4v) is 8.81. The number of aromatic hydroxyl groups is 1. The van der Waals surface area contributed by atoms with E-state index in [1.54, 1.807) is 25.2 Å². The Morgan fingerprint density at radius 1 is 1.17 bits per heavy atom. The molecule has 0 aliphatic carbocycles. The number of nitrogens with one attached hydrogen (secondary N) is 2. The van der Waals surface area contributed by atoms with E-state index in [0.717, 1.165) is 37.3 Å². The molecule has 18 nitrogen and oxygen atoms in total. The number of hydrogen-bond acceptors (Lipinski definition) is 13. The molecule has 7 N–H and O–H groups in total. The third-order valence-corrected chi connectivity index (χ3v) is 11.7. The highest BCUT2D eigenvalue weighted by Gasteiger charge is 2.55. The molecular weight excluding hydrogens is 745 g/mol. The third-order valence-electron chi connectivity index (χ3n) is 9.74. The molecule has 1 aromatic carbocycles. The summed E-state index contributed by atoms with van der Waals surface area (Å²) in [5, 5.41) is 40.1. The zero-order valence-electron chi connectivity index (χ0n) is 29.5. The van der Waals surface area contributed by atoms with E-state index >= 15 is 0 Å². The average molecular weight is 784 g/mol. The molecule has 3 amide bonds. The number of oxime groups is 1. The molecule has 1 unspecified atom stereocenters. The highest BCUT2D eigenvalue weighted by molar-refractivity contribution is 8.00. The van der Waals surface area contributed by atoms with Crippen LogP contribution in [0.25, 0.3) is 10.9 Å². The first-order chi connectivity index (χ1) is 25.5. The Labute approximate surface area is 315 Å². The summed E-state index contributed by atoms with van der Waals surface area (Å²) >= 11 is 2.32. The summed E-state index contributed by atoms with van der Waals surface area (Å²) < 4.78 is 2.02. The van der Waals surface area contributed by atoms with Crippen LogP contribution < -0.4 is 21.8 Å². The lowest BCUT2D eigenvalue weighted by molar-refractivity contribution is -0.911. The van der Waals surface area contributed by atoms with E-state index < -0.39 is 63.6 Å². The van der Waals surface area contributed by atoms with Crippen molar-refractivity contribution < 1.29 is 48.6 Å².